The standard InChI is InChI=1S/C12H16ClNS/c13-11-3-1-2-4-12(11)15-8-6-10-5-7-14-9-10/h1-4,10,14H,5-9H2. The number of thioether (sulfide) groups is 1. The lowest BCUT2D eigenvalue weighted by Gasteiger charge is -2.08. The molecule has 3 heteroatoms. The molecule has 1 fully saturated rings. The number of hydrogen-bond donors (Lipinski definition) is 1. The Bertz CT molecular complexity index is 310. The van der Waals surface area contributed by atoms with Crippen LogP contribution in [-0.2, 0) is 0 Å². The average Bonchev–Trinajstić information content (AvgIpc) is 2.74. The van der Waals surface area contributed by atoms with Gasteiger partial charge in [0.25, 0.3) is 0 Å². The number of benzene rings is 1. The minimum Gasteiger partial charge on any atom is -0.316 e. The van der Waals surface area contributed by atoms with E-state index in [0.29, 0.717) is 0 Å². The molecule has 1 atom stereocenters. The lowest BCUT2D eigenvalue weighted by molar-refractivity contribution is 0.568. The molecule has 1 heterocycles. The fourth-order valence-electron chi connectivity index (χ4n) is 1.86. The summed E-state index contributed by atoms with van der Waals surface area (Å²) in [6, 6.07) is 8.08. The molecule has 0 amide bonds. The molecular formula is C12H16ClNS. The minimum absolute atomic E-state index is 0.875. The van der Waals surface area contributed by atoms with E-state index < -0.39 is 0 Å². The van der Waals surface area contributed by atoms with Gasteiger partial charge in [-0.3, -0.25) is 0 Å². The second kappa shape index (κ2) is 5.78. The maximum absolute atomic E-state index is 6.09. The van der Waals surface area contributed by atoms with Crippen LogP contribution in [0, 0.1) is 5.92 Å². The van der Waals surface area contributed by atoms with Gasteiger partial charge in [-0.1, -0.05) is 23.7 Å². The fourth-order valence-corrected chi connectivity index (χ4v) is 3.21. The van der Waals surface area contributed by atoms with Crippen molar-refractivity contribution in [1.29, 1.82) is 0 Å². The Kier molecular flexibility index (Phi) is 4.36. The number of rotatable bonds is 4. The van der Waals surface area contributed by atoms with Crippen LogP contribution in [-0.4, -0.2) is 18.8 Å². The maximum atomic E-state index is 6.09. The van der Waals surface area contributed by atoms with Gasteiger partial charge in [-0.2, -0.15) is 0 Å². The third-order valence-electron chi connectivity index (χ3n) is 2.78. The average molecular weight is 242 g/mol. The van der Waals surface area contributed by atoms with Crippen LogP contribution in [0.5, 0.6) is 0 Å². The molecule has 1 unspecified atom stereocenters. The summed E-state index contributed by atoms with van der Waals surface area (Å²) in [6.07, 6.45) is 2.63. The fraction of sp³-hybridized carbons (Fsp3) is 0.500. The van der Waals surface area contributed by atoms with Gasteiger partial charge in [-0.05, 0) is 49.7 Å². The molecular weight excluding hydrogens is 226 g/mol. The van der Waals surface area contributed by atoms with E-state index in [4.69, 9.17) is 11.6 Å². The summed E-state index contributed by atoms with van der Waals surface area (Å²) in [6.45, 7) is 2.39. The van der Waals surface area contributed by atoms with Crippen LogP contribution in [0.15, 0.2) is 29.2 Å². The molecule has 0 bridgehead atoms. The van der Waals surface area contributed by atoms with Gasteiger partial charge in [-0.15, -0.1) is 11.8 Å². The molecule has 1 aromatic carbocycles. The molecule has 1 aromatic rings. The van der Waals surface area contributed by atoms with Crippen molar-refractivity contribution in [1.82, 2.24) is 5.32 Å². The van der Waals surface area contributed by atoms with Crippen molar-refractivity contribution in [2.75, 3.05) is 18.8 Å². The van der Waals surface area contributed by atoms with E-state index in [1.807, 2.05) is 30.0 Å². The van der Waals surface area contributed by atoms with Gasteiger partial charge >= 0.3 is 0 Å². The number of halogens is 1. The van der Waals surface area contributed by atoms with Crippen LogP contribution in [0.3, 0.4) is 0 Å². The van der Waals surface area contributed by atoms with Crippen LogP contribution in [0.25, 0.3) is 0 Å². The molecule has 0 aromatic heterocycles. The van der Waals surface area contributed by atoms with Crippen molar-refractivity contribution in [2.24, 2.45) is 5.92 Å². The monoisotopic (exact) mass is 241 g/mol. The first-order valence-corrected chi connectivity index (χ1v) is 6.80. The van der Waals surface area contributed by atoms with Gasteiger partial charge in [0, 0.05) is 4.90 Å². The zero-order valence-corrected chi connectivity index (χ0v) is 10.3. The number of nitrogens with one attached hydrogen (secondary N) is 1. The van der Waals surface area contributed by atoms with Crippen LogP contribution < -0.4 is 5.32 Å². The van der Waals surface area contributed by atoms with E-state index in [-0.39, 0.29) is 0 Å². The van der Waals surface area contributed by atoms with Gasteiger partial charge in [0.1, 0.15) is 0 Å². The topological polar surface area (TPSA) is 12.0 Å². The van der Waals surface area contributed by atoms with Gasteiger partial charge < -0.3 is 5.32 Å². The second-order valence-electron chi connectivity index (χ2n) is 3.93. The first kappa shape index (κ1) is 11.3. The first-order chi connectivity index (χ1) is 7.36. The van der Waals surface area contributed by atoms with Crippen molar-refractivity contribution >= 4 is 23.4 Å². The lowest BCUT2D eigenvalue weighted by atomic mass is 10.1. The molecule has 15 heavy (non-hydrogen) atoms. The van der Waals surface area contributed by atoms with E-state index in [1.54, 1.807) is 0 Å². The number of hydrogen-bond acceptors (Lipinski definition) is 2. The third-order valence-corrected chi connectivity index (χ3v) is 4.33. The Hall–Kier alpha value is -0.180. The summed E-state index contributed by atoms with van der Waals surface area (Å²) >= 11 is 7.96. The van der Waals surface area contributed by atoms with E-state index in [9.17, 15) is 0 Å². The van der Waals surface area contributed by atoms with E-state index in [2.05, 4.69) is 11.4 Å². The molecule has 2 rings (SSSR count). The highest BCUT2D eigenvalue weighted by molar-refractivity contribution is 7.99. The molecule has 1 nitrogen and oxygen atoms in total. The Balaban J connectivity index is 1.75. The SMILES string of the molecule is Clc1ccccc1SCCC1CCNC1. The predicted molar refractivity (Wildman–Crippen MR) is 67.8 cm³/mol. The zero-order chi connectivity index (χ0) is 10.5. The van der Waals surface area contributed by atoms with Crippen molar-refractivity contribution in [3.63, 3.8) is 0 Å². The van der Waals surface area contributed by atoms with Crippen LogP contribution in [0.1, 0.15) is 12.8 Å². The highest BCUT2D eigenvalue weighted by atomic mass is 35.5. The predicted octanol–water partition coefficient (Wildman–Crippen LogP) is 3.43. The van der Waals surface area contributed by atoms with Crippen molar-refractivity contribution in [2.45, 2.75) is 17.7 Å². The van der Waals surface area contributed by atoms with E-state index >= 15 is 0 Å². The minimum atomic E-state index is 0.875. The molecule has 0 radical (unpaired) electrons. The molecule has 1 saturated heterocycles. The van der Waals surface area contributed by atoms with E-state index in [1.165, 1.54) is 36.6 Å². The molecule has 0 saturated carbocycles. The summed E-state index contributed by atoms with van der Waals surface area (Å²) in [7, 11) is 0. The summed E-state index contributed by atoms with van der Waals surface area (Å²) in [4.78, 5) is 1.21. The summed E-state index contributed by atoms with van der Waals surface area (Å²) in [5.74, 6) is 2.05. The van der Waals surface area contributed by atoms with Gasteiger partial charge in [0.2, 0.25) is 0 Å². The van der Waals surface area contributed by atoms with Gasteiger partial charge in [-0.25, -0.2) is 0 Å². The molecule has 1 aliphatic rings. The van der Waals surface area contributed by atoms with Crippen LogP contribution in [0.2, 0.25) is 5.02 Å². The van der Waals surface area contributed by atoms with Crippen molar-refractivity contribution in [3.8, 4) is 0 Å². The Morgan fingerprint density at radius 1 is 1.40 bits per heavy atom. The smallest absolute Gasteiger partial charge is 0.0541 e. The summed E-state index contributed by atoms with van der Waals surface area (Å²) < 4.78 is 0. The quantitative estimate of drug-likeness (QED) is 0.811. The highest BCUT2D eigenvalue weighted by Gasteiger charge is 2.13. The normalized spacial score (nSPS) is 20.7. The van der Waals surface area contributed by atoms with Crippen molar-refractivity contribution in [3.05, 3.63) is 29.3 Å². The molecule has 1 aliphatic heterocycles. The molecule has 82 valence electrons. The summed E-state index contributed by atoms with van der Waals surface area (Å²) in [5.41, 5.74) is 0. The lowest BCUT2D eigenvalue weighted by Crippen LogP contribution is -2.09. The Morgan fingerprint density at radius 3 is 3.00 bits per heavy atom. The Labute approximate surface area is 101 Å². The van der Waals surface area contributed by atoms with Crippen LogP contribution >= 0.6 is 23.4 Å². The second-order valence-corrected chi connectivity index (χ2v) is 5.47. The zero-order valence-electron chi connectivity index (χ0n) is 8.71. The largest absolute Gasteiger partial charge is 0.316 e. The van der Waals surface area contributed by atoms with Crippen LogP contribution in [0.4, 0.5) is 0 Å². The highest BCUT2D eigenvalue weighted by Crippen LogP contribution is 2.28. The van der Waals surface area contributed by atoms with E-state index in [0.717, 1.165) is 10.9 Å². The molecule has 0 spiro atoms. The van der Waals surface area contributed by atoms with Gasteiger partial charge in [0.15, 0.2) is 0 Å². The maximum Gasteiger partial charge on any atom is 0.0541 e. The Morgan fingerprint density at radius 2 is 2.27 bits per heavy atom. The van der Waals surface area contributed by atoms with Gasteiger partial charge in [0.05, 0.1) is 5.02 Å². The molecule has 0 aliphatic carbocycles. The summed E-state index contributed by atoms with van der Waals surface area (Å²) in [5, 5.41) is 4.28. The molecule has 1 N–H and O–H groups in total. The van der Waals surface area contributed by atoms with Crippen molar-refractivity contribution < 1.29 is 0 Å². The third kappa shape index (κ3) is 3.40. The first-order valence-electron chi connectivity index (χ1n) is 5.44.